The van der Waals surface area contributed by atoms with Gasteiger partial charge in [-0.25, -0.2) is 0 Å². The van der Waals surface area contributed by atoms with E-state index in [1.54, 1.807) is 0 Å². The lowest BCUT2D eigenvalue weighted by atomic mass is 9.81. The summed E-state index contributed by atoms with van der Waals surface area (Å²) in [6, 6.07) is 5.73. The number of benzene rings is 1. The van der Waals surface area contributed by atoms with E-state index in [0.717, 1.165) is 29.9 Å². The van der Waals surface area contributed by atoms with E-state index in [1.165, 1.54) is 0 Å². The Labute approximate surface area is 121 Å². The Morgan fingerprint density at radius 2 is 1.75 bits per heavy atom. The molecule has 0 bridgehead atoms. The SMILES string of the molecule is CCC(CC)(C(O)c1ccc2c(c1)OCCO2)N(C)C. The van der Waals surface area contributed by atoms with Gasteiger partial charge in [0, 0.05) is 5.54 Å². The van der Waals surface area contributed by atoms with Crippen molar-refractivity contribution in [3.05, 3.63) is 23.8 Å². The van der Waals surface area contributed by atoms with Crippen LogP contribution in [0.4, 0.5) is 0 Å². The molecule has 2 rings (SSSR count). The van der Waals surface area contributed by atoms with E-state index in [9.17, 15) is 5.11 Å². The van der Waals surface area contributed by atoms with Gasteiger partial charge in [0.15, 0.2) is 11.5 Å². The maximum Gasteiger partial charge on any atom is 0.161 e. The van der Waals surface area contributed by atoms with Crippen molar-refractivity contribution in [3.63, 3.8) is 0 Å². The average molecular weight is 279 g/mol. The molecular formula is C16H25NO3. The van der Waals surface area contributed by atoms with Gasteiger partial charge in [-0.2, -0.15) is 0 Å². The first-order valence-electron chi connectivity index (χ1n) is 7.30. The standard InChI is InChI=1S/C16H25NO3/c1-5-16(6-2,17(3)4)15(18)12-7-8-13-14(11-12)20-10-9-19-13/h7-8,11,15,18H,5-6,9-10H2,1-4H3. The topological polar surface area (TPSA) is 41.9 Å². The van der Waals surface area contributed by atoms with Crippen molar-refractivity contribution >= 4 is 0 Å². The number of ether oxygens (including phenoxy) is 2. The highest BCUT2D eigenvalue weighted by atomic mass is 16.6. The van der Waals surface area contributed by atoms with Crippen molar-refractivity contribution in [1.29, 1.82) is 0 Å². The van der Waals surface area contributed by atoms with Crippen molar-refractivity contribution in [2.24, 2.45) is 0 Å². The number of hydrogen-bond acceptors (Lipinski definition) is 4. The summed E-state index contributed by atoms with van der Waals surface area (Å²) in [4.78, 5) is 2.12. The van der Waals surface area contributed by atoms with Crippen LogP contribution in [-0.4, -0.2) is 42.9 Å². The van der Waals surface area contributed by atoms with Gasteiger partial charge in [-0.1, -0.05) is 19.9 Å². The lowest BCUT2D eigenvalue weighted by Crippen LogP contribution is -2.48. The zero-order valence-corrected chi connectivity index (χ0v) is 12.8. The number of nitrogens with zero attached hydrogens (tertiary/aromatic N) is 1. The lowest BCUT2D eigenvalue weighted by Gasteiger charge is -2.43. The Hall–Kier alpha value is -1.26. The van der Waals surface area contributed by atoms with E-state index in [4.69, 9.17) is 9.47 Å². The molecule has 1 heterocycles. The van der Waals surface area contributed by atoms with Gasteiger partial charge in [-0.15, -0.1) is 0 Å². The van der Waals surface area contributed by atoms with Crippen LogP contribution < -0.4 is 9.47 Å². The zero-order chi connectivity index (χ0) is 14.8. The van der Waals surface area contributed by atoms with Crippen molar-refractivity contribution in [2.75, 3.05) is 27.3 Å². The Morgan fingerprint density at radius 1 is 1.15 bits per heavy atom. The molecular weight excluding hydrogens is 254 g/mol. The maximum atomic E-state index is 10.9. The van der Waals surface area contributed by atoms with Crippen LogP contribution in [0.2, 0.25) is 0 Å². The van der Waals surface area contributed by atoms with Gasteiger partial charge < -0.3 is 19.5 Å². The van der Waals surface area contributed by atoms with Gasteiger partial charge in [0.05, 0.1) is 6.10 Å². The van der Waals surface area contributed by atoms with Crippen LogP contribution in [0, 0.1) is 0 Å². The van der Waals surface area contributed by atoms with Crippen LogP contribution in [0.5, 0.6) is 11.5 Å². The molecule has 4 nitrogen and oxygen atoms in total. The summed E-state index contributed by atoms with van der Waals surface area (Å²) in [5.74, 6) is 1.49. The third kappa shape index (κ3) is 2.50. The van der Waals surface area contributed by atoms with Crippen molar-refractivity contribution < 1.29 is 14.6 Å². The fraction of sp³-hybridized carbons (Fsp3) is 0.625. The lowest BCUT2D eigenvalue weighted by molar-refractivity contribution is -0.0151. The van der Waals surface area contributed by atoms with E-state index in [0.29, 0.717) is 13.2 Å². The fourth-order valence-corrected chi connectivity index (χ4v) is 3.05. The van der Waals surface area contributed by atoms with Gasteiger partial charge in [-0.3, -0.25) is 0 Å². The second-order valence-corrected chi connectivity index (χ2v) is 5.51. The second kappa shape index (κ2) is 6.02. The van der Waals surface area contributed by atoms with E-state index >= 15 is 0 Å². The van der Waals surface area contributed by atoms with Gasteiger partial charge in [0.25, 0.3) is 0 Å². The highest BCUT2D eigenvalue weighted by molar-refractivity contribution is 5.45. The minimum absolute atomic E-state index is 0.260. The van der Waals surface area contributed by atoms with Crippen LogP contribution in [0.1, 0.15) is 38.4 Å². The van der Waals surface area contributed by atoms with E-state index in [2.05, 4.69) is 18.7 Å². The second-order valence-electron chi connectivity index (χ2n) is 5.51. The molecule has 112 valence electrons. The van der Waals surface area contributed by atoms with E-state index < -0.39 is 6.10 Å². The van der Waals surface area contributed by atoms with Gasteiger partial charge in [-0.05, 0) is 44.6 Å². The number of likely N-dealkylation sites (N-methyl/N-ethyl adjacent to an activating group) is 1. The summed E-state index contributed by atoms with van der Waals surface area (Å²) >= 11 is 0. The van der Waals surface area contributed by atoms with Gasteiger partial charge >= 0.3 is 0 Å². The zero-order valence-electron chi connectivity index (χ0n) is 12.8. The summed E-state index contributed by atoms with van der Waals surface area (Å²) in [6.45, 7) is 5.38. The molecule has 4 heteroatoms. The maximum absolute atomic E-state index is 10.9. The first-order chi connectivity index (χ1) is 9.55. The molecule has 1 unspecified atom stereocenters. The Kier molecular flexibility index (Phi) is 4.55. The molecule has 0 amide bonds. The normalized spacial score (nSPS) is 16.3. The van der Waals surface area contributed by atoms with Crippen LogP contribution >= 0.6 is 0 Å². The number of aliphatic hydroxyl groups excluding tert-OH is 1. The smallest absolute Gasteiger partial charge is 0.161 e. The Morgan fingerprint density at radius 3 is 2.30 bits per heavy atom. The first-order valence-corrected chi connectivity index (χ1v) is 7.30. The van der Waals surface area contributed by atoms with Crippen molar-refractivity contribution in [3.8, 4) is 11.5 Å². The van der Waals surface area contributed by atoms with E-state index in [1.807, 2.05) is 32.3 Å². The summed E-state index contributed by atoms with van der Waals surface area (Å²) in [5.41, 5.74) is 0.621. The molecule has 1 aromatic carbocycles. The number of aliphatic hydroxyl groups is 1. The highest BCUT2D eigenvalue weighted by Crippen LogP contribution is 2.39. The third-order valence-electron chi connectivity index (χ3n) is 4.51. The molecule has 0 aromatic heterocycles. The van der Waals surface area contributed by atoms with Crippen LogP contribution in [-0.2, 0) is 0 Å². The minimum Gasteiger partial charge on any atom is -0.486 e. The largest absolute Gasteiger partial charge is 0.486 e. The summed E-state index contributed by atoms with van der Waals surface area (Å²) in [5, 5.41) is 10.9. The first kappa shape index (κ1) is 15.1. The van der Waals surface area contributed by atoms with Crippen molar-refractivity contribution in [2.45, 2.75) is 38.3 Å². The molecule has 0 aliphatic carbocycles. The summed E-state index contributed by atoms with van der Waals surface area (Å²) < 4.78 is 11.1. The molecule has 0 saturated heterocycles. The molecule has 20 heavy (non-hydrogen) atoms. The molecule has 1 atom stereocenters. The molecule has 1 aliphatic heterocycles. The molecule has 1 N–H and O–H groups in total. The highest BCUT2D eigenvalue weighted by Gasteiger charge is 2.38. The molecule has 0 spiro atoms. The summed E-state index contributed by atoms with van der Waals surface area (Å²) in [6.07, 6.45) is 1.21. The monoisotopic (exact) mass is 279 g/mol. The molecule has 0 saturated carbocycles. The number of fused-ring (bicyclic) bond motifs is 1. The predicted molar refractivity (Wildman–Crippen MR) is 79.4 cm³/mol. The Bertz CT molecular complexity index is 455. The van der Waals surface area contributed by atoms with Crippen LogP contribution in [0.15, 0.2) is 18.2 Å². The van der Waals surface area contributed by atoms with Crippen molar-refractivity contribution in [1.82, 2.24) is 4.90 Å². The number of rotatable bonds is 5. The summed E-state index contributed by atoms with van der Waals surface area (Å²) in [7, 11) is 4.04. The quantitative estimate of drug-likeness (QED) is 0.899. The molecule has 1 aromatic rings. The van der Waals surface area contributed by atoms with Gasteiger partial charge in [0.2, 0.25) is 0 Å². The third-order valence-corrected chi connectivity index (χ3v) is 4.51. The minimum atomic E-state index is -0.552. The average Bonchev–Trinajstić information content (AvgIpc) is 2.48. The Balaban J connectivity index is 2.34. The van der Waals surface area contributed by atoms with Gasteiger partial charge in [0.1, 0.15) is 13.2 Å². The molecule has 0 radical (unpaired) electrons. The predicted octanol–water partition coefficient (Wildman–Crippen LogP) is 2.61. The fourth-order valence-electron chi connectivity index (χ4n) is 3.05. The molecule has 0 fully saturated rings. The number of hydrogen-bond donors (Lipinski definition) is 1. The van der Waals surface area contributed by atoms with Crippen LogP contribution in [0.3, 0.4) is 0 Å². The molecule has 1 aliphatic rings. The van der Waals surface area contributed by atoms with Crippen LogP contribution in [0.25, 0.3) is 0 Å². The van der Waals surface area contributed by atoms with E-state index in [-0.39, 0.29) is 5.54 Å².